The lowest BCUT2D eigenvalue weighted by atomic mass is 10.1. The molecule has 0 unspecified atom stereocenters. The van der Waals surface area contributed by atoms with Crippen LogP contribution in [0.3, 0.4) is 0 Å². The number of hydrogen-bond acceptors (Lipinski definition) is 4. The van der Waals surface area contributed by atoms with E-state index < -0.39 is 10.0 Å². The minimum absolute atomic E-state index is 0.137. The smallest absolute Gasteiger partial charge is 0.232 e. The van der Waals surface area contributed by atoms with Crippen LogP contribution in [0.15, 0.2) is 42.5 Å². The molecule has 1 aliphatic heterocycles. The predicted molar refractivity (Wildman–Crippen MR) is 129 cm³/mol. The van der Waals surface area contributed by atoms with Gasteiger partial charge in [0, 0.05) is 42.5 Å². The Morgan fingerprint density at radius 2 is 1.77 bits per heavy atom. The van der Waals surface area contributed by atoms with Crippen molar-refractivity contribution in [1.82, 2.24) is 0 Å². The van der Waals surface area contributed by atoms with Gasteiger partial charge in [-0.15, -0.1) is 0 Å². The zero-order chi connectivity index (χ0) is 22.4. The topological polar surface area (TPSA) is 69.7 Å². The zero-order valence-corrected chi connectivity index (χ0v) is 19.7. The Morgan fingerprint density at radius 3 is 2.42 bits per heavy atom. The minimum atomic E-state index is -3.49. The van der Waals surface area contributed by atoms with Crippen LogP contribution in [-0.4, -0.2) is 40.2 Å². The van der Waals surface area contributed by atoms with E-state index in [-0.39, 0.29) is 18.9 Å². The monoisotopic (exact) mass is 463 g/mol. The molecule has 2 aromatic carbocycles. The number of rotatable bonds is 8. The van der Waals surface area contributed by atoms with Crippen molar-refractivity contribution >= 4 is 44.6 Å². The van der Waals surface area contributed by atoms with Crippen molar-refractivity contribution in [3.8, 4) is 0 Å². The molecule has 6 nitrogen and oxygen atoms in total. The maximum atomic E-state index is 12.4. The molecule has 0 radical (unpaired) electrons. The van der Waals surface area contributed by atoms with Gasteiger partial charge in [-0.1, -0.05) is 17.7 Å². The van der Waals surface area contributed by atoms with Gasteiger partial charge < -0.3 is 10.2 Å². The predicted octanol–water partition coefficient (Wildman–Crippen LogP) is 4.82. The van der Waals surface area contributed by atoms with Crippen LogP contribution in [0.4, 0.5) is 17.1 Å². The minimum Gasteiger partial charge on any atom is -0.372 e. The SMILES string of the molecule is Cc1ccc(Cl)cc1N(CCCC(=O)Nc1ccc(N2CCCCC2)cc1)S(C)(=O)=O. The van der Waals surface area contributed by atoms with Crippen LogP contribution in [-0.2, 0) is 14.8 Å². The lowest BCUT2D eigenvalue weighted by Crippen LogP contribution is -2.32. The second-order valence-electron chi connectivity index (χ2n) is 8.01. The fourth-order valence-corrected chi connectivity index (χ4v) is 5.01. The highest BCUT2D eigenvalue weighted by molar-refractivity contribution is 7.92. The van der Waals surface area contributed by atoms with Gasteiger partial charge in [0.15, 0.2) is 0 Å². The van der Waals surface area contributed by atoms with Crippen LogP contribution in [0.1, 0.15) is 37.7 Å². The summed E-state index contributed by atoms with van der Waals surface area (Å²) in [6.07, 6.45) is 5.52. The molecule has 0 aliphatic carbocycles. The normalized spacial score (nSPS) is 14.4. The number of aryl methyl sites for hydroxylation is 1. The summed E-state index contributed by atoms with van der Waals surface area (Å²) >= 11 is 6.06. The average molecular weight is 464 g/mol. The van der Waals surface area contributed by atoms with E-state index in [9.17, 15) is 13.2 Å². The van der Waals surface area contributed by atoms with E-state index in [1.807, 2.05) is 31.2 Å². The number of halogens is 1. The molecular weight excluding hydrogens is 434 g/mol. The Morgan fingerprint density at radius 1 is 1.10 bits per heavy atom. The molecule has 0 bridgehead atoms. The van der Waals surface area contributed by atoms with Crippen molar-refractivity contribution in [2.24, 2.45) is 0 Å². The van der Waals surface area contributed by atoms with E-state index in [4.69, 9.17) is 11.6 Å². The molecule has 2 aromatic rings. The summed E-state index contributed by atoms with van der Waals surface area (Å²) in [5.41, 5.74) is 3.28. The second-order valence-corrected chi connectivity index (χ2v) is 10.4. The molecule has 1 heterocycles. The van der Waals surface area contributed by atoms with Gasteiger partial charge in [-0.25, -0.2) is 8.42 Å². The third-order valence-electron chi connectivity index (χ3n) is 5.48. The number of nitrogens with one attached hydrogen (secondary N) is 1. The fraction of sp³-hybridized carbons (Fsp3) is 0.435. The van der Waals surface area contributed by atoms with Crippen molar-refractivity contribution < 1.29 is 13.2 Å². The van der Waals surface area contributed by atoms with Crippen molar-refractivity contribution in [2.45, 2.75) is 39.0 Å². The van der Waals surface area contributed by atoms with E-state index in [1.54, 1.807) is 18.2 Å². The highest BCUT2D eigenvalue weighted by atomic mass is 35.5. The molecule has 0 aromatic heterocycles. The van der Waals surface area contributed by atoms with Gasteiger partial charge in [0.1, 0.15) is 0 Å². The Bertz CT molecular complexity index is 1000. The van der Waals surface area contributed by atoms with Crippen LogP contribution >= 0.6 is 11.6 Å². The maximum absolute atomic E-state index is 12.4. The van der Waals surface area contributed by atoms with Crippen molar-refractivity contribution in [1.29, 1.82) is 0 Å². The zero-order valence-electron chi connectivity index (χ0n) is 18.1. The van der Waals surface area contributed by atoms with Gasteiger partial charge in [-0.2, -0.15) is 0 Å². The molecule has 168 valence electrons. The number of nitrogens with zero attached hydrogens (tertiary/aromatic N) is 2. The number of sulfonamides is 1. The average Bonchev–Trinajstić information content (AvgIpc) is 2.73. The highest BCUT2D eigenvalue weighted by Crippen LogP contribution is 2.27. The van der Waals surface area contributed by atoms with Crippen molar-refractivity contribution in [2.75, 3.05) is 40.4 Å². The third-order valence-corrected chi connectivity index (χ3v) is 6.89. The summed E-state index contributed by atoms with van der Waals surface area (Å²) in [6.45, 7) is 4.20. The lowest BCUT2D eigenvalue weighted by Gasteiger charge is -2.28. The van der Waals surface area contributed by atoms with Gasteiger partial charge in [0.05, 0.1) is 11.9 Å². The van der Waals surface area contributed by atoms with Crippen LogP contribution in [0.5, 0.6) is 0 Å². The van der Waals surface area contributed by atoms with Gasteiger partial charge in [0.25, 0.3) is 0 Å². The summed E-state index contributed by atoms with van der Waals surface area (Å²) in [6, 6.07) is 13.1. The Labute approximate surface area is 190 Å². The summed E-state index contributed by atoms with van der Waals surface area (Å²) < 4.78 is 25.9. The van der Waals surface area contributed by atoms with Gasteiger partial charge in [0.2, 0.25) is 15.9 Å². The fourth-order valence-electron chi connectivity index (χ4n) is 3.83. The number of hydrogen-bond donors (Lipinski definition) is 1. The van der Waals surface area contributed by atoms with Crippen LogP contribution in [0, 0.1) is 6.92 Å². The number of benzene rings is 2. The molecule has 1 N–H and O–H groups in total. The molecule has 0 saturated carbocycles. The Hall–Kier alpha value is -2.25. The summed E-state index contributed by atoms with van der Waals surface area (Å²) in [7, 11) is -3.49. The number of carbonyl (C=O) groups is 1. The largest absolute Gasteiger partial charge is 0.372 e. The maximum Gasteiger partial charge on any atom is 0.232 e. The molecular formula is C23H30ClN3O3S. The molecule has 1 saturated heterocycles. The number of amides is 1. The standard InChI is InChI=1S/C23H30ClN3O3S/c1-18-8-9-19(24)17-22(18)27(31(2,29)30)16-6-7-23(28)25-20-10-12-21(13-11-20)26-14-4-3-5-15-26/h8-13,17H,3-7,14-16H2,1-2H3,(H,25,28). The first-order valence-electron chi connectivity index (χ1n) is 10.6. The molecule has 1 amide bonds. The van der Waals surface area contributed by atoms with Gasteiger partial charge in [-0.05, 0) is 74.6 Å². The van der Waals surface area contributed by atoms with Crippen LogP contribution in [0.25, 0.3) is 0 Å². The summed E-state index contributed by atoms with van der Waals surface area (Å²) in [5, 5.41) is 3.37. The van der Waals surface area contributed by atoms with Gasteiger partial charge in [-0.3, -0.25) is 9.10 Å². The quantitative estimate of drug-likeness (QED) is 0.609. The highest BCUT2D eigenvalue weighted by Gasteiger charge is 2.20. The second kappa shape index (κ2) is 10.4. The van der Waals surface area contributed by atoms with Gasteiger partial charge >= 0.3 is 0 Å². The first kappa shape index (κ1) is 23.4. The van der Waals surface area contributed by atoms with E-state index in [2.05, 4.69) is 10.2 Å². The molecule has 1 fully saturated rings. The molecule has 0 spiro atoms. The van der Waals surface area contributed by atoms with Crippen molar-refractivity contribution in [3.05, 3.63) is 53.1 Å². The summed E-state index contributed by atoms with van der Waals surface area (Å²) in [4.78, 5) is 14.7. The Balaban J connectivity index is 1.55. The van der Waals surface area contributed by atoms with E-state index in [1.165, 1.54) is 29.3 Å². The van der Waals surface area contributed by atoms with E-state index >= 15 is 0 Å². The third kappa shape index (κ3) is 6.61. The first-order chi connectivity index (χ1) is 14.7. The van der Waals surface area contributed by atoms with Crippen molar-refractivity contribution in [3.63, 3.8) is 0 Å². The lowest BCUT2D eigenvalue weighted by molar-refractivity contribution is -0.116. The van der Waals surface area contributed by atoms with Crippen LogP contribution < -0.4 is 14.5 Å². The number of carbonyl (C=O) groups excluding carboxylic acids is 1. The van der Waals surface area contributed by atoms with E-state index in [0.717, 1.165) is 30.6 Å². The first-order valence-corrected chi connectivity index (χ1v) is 12.9. The molecule has 0 atom stereocenters. The molecule has 1 aliphatic rings. The van der Waals surface area contributed by atoms with Crippen LogP contribution in [0.2, 0.25) is 5.02 Å². The molecule has 8 heteroatoms. The summed E-state index contributed by atoms with van der Waals surface area (Å²) in [5.74, 6) is -0.137. The number of anilines is 3. The van der Waals surface area contributed by atoms with E-state index in [0.29, 0.717) is 17.1 Å². The molecule has 3 rings (SSSR count). The Kier molecular flexibility index (Phi) is 7.84. The number of piperidine rings is 1. The molecule has 31 heavy (non-hydrogen) atoms.